The van der Waals surface area contributed by atoms with Gasteiger partial charge in [-0.25, -0.2) is 9.97 Å². The van der Waals surface area contributed by atoms with E-state index in [1.807, 2.05) is 0 Å². The van der Waals surface area contributed by atoms with Crippen molar-refractivity contribution in [2.75, 3.05) is 7.11 Å². The van der Waals surface area contributed by atoms with Crippen LogP contribution >= 0.6 is 0 Å². The van der Waals surface area contributed by atoms with Crippen LogP contribution in [0.15, 0.2) is 24.4 Å². The van der Waals surface area contributed by atoms with Crippen LogP contribution in [-0.2, 0) is 7.05 Å². The van der Waals surface area contributed by atoms with Crippen LogP contribution in [0.1, 0.15) is 62.8 Å². The molecule has 0 aromatic carbocycles. The third kappa shape index (κ3) is 3.09. The molecule has 0 radical (unpaired) electrons. The molecule has 1 atom stereocenters. The van der Waals surface area contributed by atoms with Gasteiger partial charge in [0.2, 0.25) is 5.88 Å². The van der Waals surface area contributed by atoms with Crippen molar-refractivity contribution < 1.29 is 4.74 Å². The fourth-order valence-electron chi connectivity index (χ4n) is 3.42. The van der Waals surface area contributed by atoms with Crippen LogP contribution in [0.3, 0.4) is 0 Å². The Bertz CT molecular complexity index is 940. The molecule has 0 fully saturated rings. The molecule has 138 valence electrons. The van der Waals surface area contributed by atoms with Crippen molar-refractivity contribution >= 4 is 11.0 Å². The number of pyridine rings is 2. The van der Waals surface area contributed by atoms with E-state index in [1.165, 1.54) is 10.9 Å². The summed E-state index contributed by atoms with van der Waals surface area (Å²) in [5, 5.41) is 1.24. The SMILES string of the molecule is CC[C@H](C)c1cn(C)c2nc(-c3ccc(C(C)C)nc3OC)c(C)cc12. The third-order valence-corrected chi connectivity index (χ3v) is 5.24. The summed E-state index contributed by atoms with van der Waals surface area (Å²) in [7, 11) is 3.74. The lowest BCUT2D eigenvalue weighted by Crippen LogP contribution is -2.00. The fourth-order valence-corrected chi connectivity index (χ4v) is 3.42. The number of nitrogens with zero attached hydrogens (tertiary/aromatic N) is 3. The van der Waals surface area contributed by atoms with Gasteiger partial charge in [-0.15, -0.1) is 0 Å². The van der Waals surface area contributed by atoms with Gasteiger partial charge >= 0.3 is 0 Å². The topological polar surface area (TPSA) is 39.9 Å². The Morgan fingerprint density at radius 3 is 2.50 bits per heavy atom. The number of ether oxygens (including phenoxy) is 1. The molecule has 3 heterocycles. The molecule has 0 aliphatic carbocycles. The van der Waals surface area contributed by atoms with E-state index in [0.717, 1.165) is 34.6 Å². The van der Waals surface area contributed by atoms with Crippen molar-refractivity contribution in [1.82, 2.24) is 14.5 Å². The second kappa shape index (κ2) is 7.10. The summed E-state index contributed by atoms with van der Waals surface area (Å²) in [5.41, 5.74) is 6.44. The summed E-state index contributed by atoms with van der Waals surface area (Å²) in [4.78, 5) is 9.70. The molecule has 26 heavy (non-hydrogen) atoms. The lowest BCUT2D eigenvalue weighted by Gasteiger charge is -2.13. The number of hydrogen-bond acceptors (Lipinski definition) is 3. The number of methoxy groups -OCH3 is 1. The van der Waals surface area contributed by atoms with E-state index in [-0.39, 0.29) is 0 Å². The Morgan fingerprint density at radius 1 is 1.15 bits per heavy atom. The Morgan fingerprint density at radius 2 is 1.88 bits per heavy atom. The van der Waals surface area contributed by atoms with Crippen LogP contribution in [0, 0.1) is 6.92 Å². The maximum Gasteiger partial charge on any atom is 0.222 e. The summed E-state index contributed by atoms with van der Waals surface area (Å²) in [6, 6.07) is 6.42. The van der Waals surface area contributed by atoms with E-state index < -0.39 is 0 Å². The first-order chi connectivity index (χ1) is 12.4. The normalized spacial score (nSPS) is 12.8. The monoisotopic (exact) mass is 351 g/mol. The van der Waals surface area contributed by atoms with Crippen LogP contribution in [0.4, 0.5) is 0 Å². The molecular formula is C22H29N3O. The summed E-state index contributed by atoms with van der Waals surface area (Å²) in [5.74, 6) is 1.52. The van der Waals surface area contributed by atoms with Gasteiger partial charge in [0.05, 0.1) is 18.4 Å². The Kier molecular flexibility index (Phi) is 5.03. The fraction of sp³-hybridized carbons (Fsp3) is 0.455. The van der Waals surface area contributed by atoms with Gasteiger partial charge in [0.25, 0.3) is 0 Å². The molecule has 0 saturated carbocycles. The predicted octanol–water partition coefficient (Wildman–Crippen LogP) is 5.59. The molecule has 0 bridgehead atoms. The van der Waals surface area contributed by atoms with E-state index >= 15 is 0 Å². The predicted molar refractivity (Wildman–Crippen MR) is 108 cm³/mol. The number of fused-ring (bicyclic) bond motifs is 1. The molecule has 0 spiro atoms. The molecule has 4 nitrogen and oxygen atoms in total. The van der Waals surface area contributed by atoms with Gasteiger partial charge < -0.3 is 9.30 Å². The van der Waals surface area contributed by atoms with Gasteiger partial charge in [0.1, 0.15) is 5.65 Å². The highest BCUT2D eigenvalue weighted by Crippen LogP contribution is 2.35. The third-order valence-electron chi connectivity index (χ3n) is 5.24. The number of aryl methyl sites for hydroxylation is 2. The second-order valence-electron chi connectivity index (χ2n) is 7.48. The van der Waals surface area contributed by atoms with E-state index in [4.69, 9.17) is 9.72 Å². The van der Waals surface area contributed by atoms with Crippen molar-refractivity contribution in [3.05, 3.63) is 41.2 Å². The Hall–Kier alpha value is -2.36. The average molecular weight is 351 g/mol. The maximum atomic E-state index is 5.59. The highest BCUT2D eigenvalue weighted by molar-refractivity contribution is 5.86. The minimum Gasteiger partial charge on any atom is -0.480 e. The summed E-state index contributed by atoms with van der Waals surface area (Å²) in [6.07, 6.45) is 3.33. The van der Waals surface area contributed by atoms with Crippen LogP contribution in [0.5, 0.6) is 5.88 Å². The minimum atomic E-state index is 0.362. The smallest absolute Gasteiger partial charge is 0.222 e. The first-order valence-corrected chi connectivity index (χ1v) is 9.39. The van der Waals surface area contributed by atoms with Crippen molar-refractivity contribution in [3.8, 4) is 17.1 Å². The number of rotatable bonds is 5. The van der Waals surface area contributed by atoms with Crippen LogP contribution in [0.25, 0.3) is 22.3 Å². The summed E-state index contributed by atoms with van der Waals surface area (Å²) < 4.78 is 7.72. The van der Waals surface area contributed by atoms with E-state index in [0.29, 0.717) is 17.7 Å². The van der Waals surface area contributed by atoms with Crippen molar-refractivity contribution in [1.29, 1.82) is 0 Å². The van der Waals surface area contributed by atoms with Crippen LogP contribution < -0.4 is 4.74 Å². The first-order valence-electron chi connectivity index (χ1n) is 9.39. The zero-order valence-corrected chi connectivity index (χ0v) is 16.9. The number of hydrogen-bond donors (Lipinski definition) is 0. The van der Waals surface area contributed by atoms with E-state index in [2.05, 4.69) is 75.6 Å². The molecule has 3 aromatic heterocycles. The zero-order chi connectivity index (χ0) is 19.0. The lowest BCUT2D eigenvalue weighted by molar-refractivity contribution is 0.397. The molecule has 3 rings (SSSR count). The molecular weight excluding hydrogens is 322 g/mol. The molecule has 4 heteroatoms. The van der Waals surface area contributed by atoms with Gasteiger partial charge in [0, 0.05) is 24.3 Å². The largest absolute Gasteiger partial charge is 0.480 e. The minimum absolute atomic E-state index is 0.362. The molecule has 3 aromatic rings. The van der Waals surface area contributed by atoms with Gasteiger partial charge in [-0.05, 0) is 54.5 Å². The standard InChI is InChI=1S/C22H29N3O/c1-8-14(4)18-12-25(6)21-17(18)11-15(5)20(24-21)16-9-10-19(13(2)3)23-22(16)26-7/h9-14H,8H2,1-7H3/t14-/m0/s1. The average Bonchev–Trinajstić information content (AvgIpc) is 2.95. The van der Waals surface area contributed by atoms with Gasteiger partial charge in [-0.1, -0.05) is 27.7 Å². The van der Waals surface area contributed by atoms with Crippen molar-refractivity contribution in [3.63, 3.8) is 0 Å². The van der Waals surface area contributed by atoms with Gasteiger partial charge in [0.15, 0.2) is 0 Å². The Balaban J connectivity index is 2.21. The summed E-state index contributed by atoms with van der Waals surface area (Å²) in [6.45, 7) is 10.9. The Labute approximate surface area is 156 Å². The van der Waals surface area contributed by atoms with Crippen LogP contribution in [-0.4, -0.2) is 21.6 Å². The first kappa shape index (κ1) is 18.4. The molecule has 0 aliphatic heterocycles. The van der Waals surface area contributed by atoms with Gasteiger partial charge in [-0.3, -0.25) is 0 Å². The van der Waals surface area contributed by atoms with Gasteiger partial charge in [-0.2, -0.15) is 0 Å². The molecule has 0 saturated heterocycles. The highest BCUT2D eigenvalue weighted by Gasteiger charge is 2.18. The molecule has 0 aliphatic rings. The quantitative estimate of drug-likeness (QED) is 0.601. The lowest BCUT2D eigenvalue weighted by atomic mass is 9.97. The maximum absolute atomic E-state index is 5.59. The zero-order valence-electron chi connectivity index (χ0n) is 16.9. The molecule has 0 amide bonds. The van der Waals surface area contributed by atoms with E-state index in [9.17, 15) is 0 Å². The highest BCUT2D eigenvalue weighted by atomic mass is 16.5. The van der Waals surface area contributed by atoms with Crippen molar-refractivity contribution in [2.45, 2.75) is 52.9 Å². The second-order valence-corrected chi connectivity index (χ2v) is 7.48. The molecule has 0 unspecified atom stereocenters. The van der Waals surface area contributed by atoms with E-state index in [1.54, 1.807) is 7.11 Å². The van der Waals surface area contributed by atoms with Crippen molar-refractivity contribution in [2.24, 2.45) is 7.05 Å². The summed E-state index contributed by atoms with van der Waals surface area (Å²) >= 11 is 0. The van der Waals surface area contributed by atoms with Crippen LogP contribution in [0.2, 0.25) is 0 Å². The molecule has 0 N–H and O–H groups in total. The number of aromatic nitrogens is 3.